The molecule has 0 bridgehead atoms. The fraction of sp³-hybridized carbons (Fsp3) is 0.385. The lowest BCUT2D eigenvalue weighted by Gasteiger charge is -2.33. The Morgan fingerprint density at radius 1 is 1.08 bits per heavy atom. The molecular formula is C26H33N9O. The fourth-order valence-electron chi connectivity index (χ4n) is 4.32. The summed E-state index contributed by atoms with van der Waals surface area (Å²) in [6, 6.07) is 16.4. The van der Waals surface area contributed by atoms with Crippen LogP contribution in [-0.4, -0.2) is 51.0 Å². The number of benzene rings is 1. The van der Waals surface area contributed by atoms with Crippen LogP contribution in [0.1, 0.15) is 44.6 Å². The summed E-state index contributed by atoms with van der Waals surface area (Å²) in [4.78, 5) is 11.8. The Kier molecular flexibility index (Phi) is 6.86. The van der Waals surface area contributed by atoms with Crippen LogP contribution in [0.15, 0.2) is 53.1 Å². The largest absolute Gasteiger partial charge is 0.359 e. The summed E-state index contributed by atoms with van der Waals surface area (Å²) < 4.78 is 5.54. The number of rotatable bonds is 8. The average molecular weight is 488 g/mol. The summed E-state index contributed by atoms with van der Waals surface area (Å²) in [5, 5.41) is 21.9. The van der Waals surface area contributed by atoms with Crippen LogP contribution in [-0.2, 0) is 6.54 Å². The molecule has 3 aromatic heterocycles. The molecule has 4 aromatic rings. The van der Waals surface area contributed by atoms with Crippen LogP contribution in [0.3, 0.4) is 0 Å². The second-order valence-electron chi connectivity index (χ2n) is 9.24. The van der Waals surface area contributed by atoms with Crippen molar-refractivity contribution in [2.75, 3.05) is 35.2 Å². The van der Waals surface area contributed by atoms with E-state index in [-0.39, 0.29) is 7.43 Å². The number of aromatic amines is 1. The van der Waals surface area contributed by atoms with Gasteiger partial charge < -0.3 is 25.4 Å². The molecule has 0 amide bonds. The van der Waals surface area contributed by atoms with Gasteiger partial charge in [-0.1, -0.05) is 42.9 Å². The van der Waals surface area contributed by atoms with Gasteiger partial charge in [0.15, 0.2) is 11.6 Å². The molecule has 10 nitrogen and oxygen atoms in total. The van der Waals surface area contributed by atoms with E-state index < -0.39 is 0 Å². The van der Waals surface area contributed by atoms with E-state index in [0.717, 1.165) is 42.5 Å². The van der Waals surface area contributed by atoms with Crippen molar-refractivity contribution in [2.24, 2.45) is 0 Å². The van der Waals surface area contributed by atoms with Crippen LogP contribution < -0.4 is 20.9 Å². The van der Waals surface area contributed by atoms with E-state index in [1.54, 1.807) is 0 Å². The smallest absolute Gasteiger partial charge is 0.227 e. The molecule has 188 valence electrons. The van der Waals surface area contributed by atoms with Gasteiger partial charge in [-0.3, -0.25) is 5.10 Å². The third-order valence-corrected chi connectivity index (χ3v) is 6.33. The van der Waals surface area contributed by atoms with Crippen LogP contribution in [0.2, 0.25) is 0 Å². The van der Waals surface area contributed by atoms with Crippen molar-refractivity contribution in [3.05, 3.63) is 60.0 Å². The molecule has 36 heavy (non-hydrogen) atoms. The summed E-state index contributed by atoms with van der Waals surface area (Å²) in [5.74, 6) is 4.18. The van der Waals surface area contributed by atoms with Gasteiger partial charge in [-0.2, -0.15) is 15.1 Å². The van der Waals surface area contributed by atoms with E-state index in [9.17, 15) is 0 Å². The Bertz CT molecular complexity index is 1280. The maximum atomic E-state index is 5.54. The highest BCUT2D eigenvalue weighted by Crippen LogP contribution is 2.39. The van der Waals surface area contributed by atoms with Gasteiger partial charge >= 0.3 is 0 Å². The molecule has 1 saturated heterocycles. The summed E-state index contributed by atoms with van der Waals surface area (Å²) >= 11 is 0. The Morgan fingerprint density at radius 2 is 1.94 bits per heavy atom. The summed E-state index contributed by atoms with van der Waals surface area (Å²) in [6.07, 6.45) is 2.45. The van der Waals surface area contributed by atoms with Crippen molar-refractivity contribution in [3.8, 4) is 11.3 Å². The van der Waals surface area contributed by atoms with Crippen molar-refractivity contribution >= 4 is 23.4 Å². The van der Waals surface area contributed by atoms with Gasteiger partial charge in [0.05, 0.1) is 6.54 Å². The number of hydrogen-bond donors (Lipinski definition) is 4. The van der Waals surface area contributed by atoms with Gasteiger partial charge in [0.2, 0.25) is 5.95 Å². The Labute approximate surface area is 210 Å². The number of anilines is 4. The summed E-state index contributed by atoms with van der Waals surface area (Å²) in [6.45, 7) is 5.29. The maximum absolute atomic E-state index is 5.54. The van der Waals surface area contributed by atoms with Gasteiger partial charge in [-0.25, -0.2) is 0 Å². The minimum absolute atomic E-state index is 0. The molecular weight excluding hydrogens is 454 g/mol. The minimum Gasteiger partial charge on any atom is -0.359 e. The van der Waals surface area contributed by atoms with Crippen molar-refractivity contribution in [2.45, 2.75) is 45.7 Å². The molecule has 6 rings (SSSR count). The lowest BCUT2D eigenvalue weighted by molar-refractivity contribution is 0.390. The number of nitrogens with one attached hydrogen (secondary N) is 4. The third kappa shape index (κ3) is 5.49. The molecule has 2 fully saturated rings. The minimum atomic E-state index is 0. The zero-order valence-electron chi connectivity index (χ0n) is 19.7. The first kappa shape index (κ1) is 23.8. The standard InChI is InChI=1S/C25H29N9O.CH4/c1-16-15-34(10-9-26-16)24-13-22(28-23-12-20(31-32-23)18-7-8-18)29-25(30-24)27-14-19-11-21(33-35-19)17-5-3-2-4-6-17;/h2-6,11-13,16,18,26H,7-10,14-15H2,1H3,(H3,27,28,29,30,31,32);1H4/t16-;/m0./s1. The highest BCUT2D eigenvalue weighted by molar-refractivity contribution is 5.61. The van der Waals surface area contributed by atoms with E-state index in [2.05, 4.69) is 49.2 Å². The molecule has 1 aliphatic carbocycles. The van der Waals surface area contributed by atoms with E-state index in [4.69, 9.17) is 14.5 Å². The molecule has 10 heteroatoms. The number of piperazine rings is 1. The first-order valence-corrected chi connectivity index (χ1v) is 12.1. The number of hydrogen-bond acceptors (Lipinski definition) is 9. The van der Waals surface area contributed by atoms with E-state index >= 15 is 0 Å². The van der Waals surface area contributed by atoms with Gasteiger partial charge in [0.25, 0.3) is 0 Å². The molecule has 1 aromatic carbocycles. The van der Waals surface area contributed by atoms with E-state index in [0.29, 0.717) is 36.0 Å². The highest BCUT2D eigenvalue weighted by Gasteiger charge is 2.26. The molecule has 0 radical (unpaired) electrons. The Hall–Kier alpha value is -3.92. The van der Waals surface area contributed by atoms with Crippen molar-refractivity contribution in [3.63, 3.8) is 0 Å². The molecule has 4 heterocycles. The zero-order chi connectivity index (χ0) is 23.6. The molecule has 1 aliphatic heterocycles. The monoisotopic (exact) mass is 487 g/mol. The second-order valence-corrected chi connectivity index (χ2v) is 9.24. The third-order valence-electron chi connectivity index (χ3n) is 6.33. The van der Waals surface area contributed by atoms with Gasteiger partial charge in [0, 0.05) is 61.1 Å². The average Bonchev–Trinajstić information content (AvgIpc) is 3.44. The molecule has 2 aliphatic rings. The predicted molar refractivity (Wildman–Crippen MR) is 142 cm³/mol. The molecule has 0 unspecified atom stereocenters. The van der Waals surface area contributed by atoms with E-state index in [1.807, 2.05) is 42.5 Å². The normalized spacial score (nSPS) is 17.5. The first-order chi connectivity index (χ1) is 17.2. The van der Waals surface area contributed by atoms with Gasteiger partial charge in [-0.05, 0) is 19.8 Å². The topological polar surface area (TPSA) is 120 Å². The predicted octanol–water partition coefficient (Wildman–Crippen LogP) is 4.52. The van der Waals surface area contributed by atoms with Crippen LogP contribution in [0.5, 0.6) is 0 Å². The number of nitrogens with zero attached hydrogens (tertiary/aromatic N) is 5. The quantitative estimate of drug-likeness (QED) is 0.284. The number of H-pyrrole nitrogens is 1. The van der Waals surface area contributed by atoms with Crippen LogP contribution in [0, 0.1) is 0 Å². The first-order valence-electron chi connectivity index (χ1n) is 12.1. The summed E-state index contributed by atoms with van der Waals surface area (Å²) in [5.41, 5.74) is 3.00. The van der Waals surface area contributed by atoms with Gasteiger partial charge in [-0.15, -0.1) is 0 Å². The molecule has 1 saturated carbocycles. The van der Waals surface area contributed by atoms with E-state index in [1.165, 1.54) is 18.5 Å². The maximum Gasteiger partial charge on any atom is 0.227 e. The lowest BCUT2D eigenvalue weighted by atomic mass is 10.1. The Balaban J connectivity index is 0.00000267. The van der Waals surface area contributed by atoms with Crippen LogP contribution >= 0.6 is 0 Å². The second kappa shape index (κ2) is 10.4. The van der Waals surface area contributed by atoms with Crippen LogP contribution in [0.4, 0.5) is 23.4 Å². The Morgan fingerprint density at radius 3 is 2.75 bits per heavy atom. The van der Waals surface area contributed by atoms with Crippen molar-refractivity contribution < 1.29 is 4.52 Å². The highest BCUT2D eigenvalue weighted by atomic mass is 16.5. The van der Waals surface area contributed by atoms with Crippen molar-refractivity contribution in [1.82, 2.24) is 30.6 Å². The summed E-state index contributed by atoms with van der Waals surface area (Å²) in [7, 11) is 0. The molecule has 4 N–H and O–H groups in total. The van der Waals surface area contributed by atoms with Crippen LogP contribution in [0.25, 0.3) is 11.3 Å². The van der Waals surface area contributed by atoms with Gasteiger partial charge in [0.1, 0.15) is 17.3 Å². The SMILES string of the molecule is C.C[C@H]1CN(c2cc(Nc3cc(C4CC4)[nH]n3)nc(NCc3cc(-c4ccccc4)no3)n2)CCN1. The number of aromatic nitrogens is 5. The fourth-order valence-corrected chi connectivity index (χ4v) is 4.32. The van der Waals surface area contributed by atoms with Crippen molar-refractivity contribution in [1.29, 1.82) is 0 Å². The zero-order valence-corrected chi connectivity index (χ0v) is 19.7. The molecule has 1 atom stereocenters. The lowest BCUT2D eigenvalue weighted by Crippen LogP contribution is -2.49. The molecule has 0 spiro atoms.